The van der Waals surface area contributed by atoms with E-state index >= 15 is 0 Å². The van der Waals surface area contributed by atoms with E-state index in [2.05, 4.69) is 21.9 Å². The van der Waals surface area contributed by atoms with Crippen LogP contribution in [0.15, 0.2) is 12.5 Å². The molecular weight excluding hydrogens is 310 g/mol. The molecule has 0 radical (unpaired) electrons. The largest absolute Gasteiger partial charge is 0.387 e. The maximum Gasteiger partial charge on any atom is 0.151 e. The fraction of sp³-hybridized carbons (Fsp3) is 0.625. The SMILES string of the molecule is CCCCSCC1C[NH+](Cc2c[nH]c3c(N)ncnc23)C[C@H]1O. The Morgan fingerprint density at radius 1 is 1.43 bits per heavy atom. The number of nitrogens with two attached hydrogens (primary N) is 1. The summed E-state index contributed by atoms with van der Waals surface area (Å²) in [5, 5.41) is 10.3. The number of quaternary nitrogens is 1. The van der Waals surface area contributed by atoms with E-state index < -0.39 is 0 Å². The van der Waals surface area contributed by atoms with Crippen LogP contribution in [0.5, 0.6) is 0 Å². The van der Waals surface area contributed by atoms with Gasteiger partial charge in [0.1, 0.15) is 36.6 Å². The Morgan fingerprint density at radius 3 is 3.13 bits per heavy atom. The number of thioether (sulfide) groups is 1. The summed E-state index contributed by atoms with van der Waals surface area (Å²) in [6, 6.07) is 0. The second kappa shape index (κ2) is 7.51. The molecule has 23 heavy (non-hydrogen) atoms. The zero-order valence-corrected chi connectivity index (χ0v) is 14.4. The van der Waals surface area contributed by atoms with Crippen molar-refractivity contribution in [2.24, 2.45) is 5.92 Å². The minimum atomic E-state index is -0.191. The highest BCUT2D eigenvalue weighted by molar-refractivity contribution is 7.99. The Bertz CT molecular complexity index is 646. The van der Waals surface area contributed by atoms with Crippen LogP contribution < -0.4 is 10.6 Å². The third-order valence-electron chi connectivity index (χ3n) is 4.58. The van der Waals surface area contributed by atoms with Crippen LogP contribution in [0.1, 0.15) is 25.3 Å². The van der Waals surface area contributed by atoms with Gasteiger partial charge in [0.15, 0.2) is 5.82 Å². The fourth-order valence-electron chi connectivity index (χ4n) is 3.26. The van der Waals surface area contributed by atoms with Gasteiger partial charge >= 0.3 is 0 Å². The van der Waals surface area contributed by atoms with Gasteiger partial charge in [0.2, 0.25) is 0 Å². The zero-order valence-electron chi connectivity index (χ0n) is 13.6. The maximum atomic E-state index is 10.3. The van der Waals surface area contributed by atoms with Crippen molar-refractivity contribution in [1.29, 1.82) is 0 Å². The van der Waals surface area contributed by atoms with Crippen molar-refractivity contribution in [1.82, 2.24) is 15.0 Å². The predicted octanol–water partition coefficient (Wildman–Crippen LogP) is 0.449. The molecule has 0 aliphatic carbocycles. The van der Waals surface area contributed by atoms with E-state index in [0.29, 0.717) is 11.7 Å². The number of H-pyrrole nitrogens is 1. The number of nitrogens with zero attached hydrogens (tertiary/aromatic N) is 2. The summed E-state index contributed by atoms with van der Waals surface area (Å²) in [4.78, 5) is 12.9. The summed E-state index contributed by atoms with van der Waals surface area (Å²) in [6.07, 6.45) is 5.79. The lowest BCUT2D eigenvalue weighted by molar-refractivity contribution is -0.903. The first-order valence-electron chi connectivity index (χ1n) is 8.34. The Kier molecular flexibility index (Phi) is 5.40. The van der Waals surface area contributed by atoms with Gasteiger partial charge in [-0.3, -0.25) is 0 Å². The molecule has 1 saturated heterocycles. The molecule has 3 heterocycles. The lowest BCUT2D eigenvalue weighted by Gasteiger charge is -2.12. The zero-order chi connectivity index (χ0) is 16.2. The number of nitrogens with one attached hydrogen (secondary N) is 2. The second-order valence-corrected chi connectivity index (χ2v) is 7.54. The number of aliphatic hydroxyl groups is 1. The van der Waals surface area contributed by atoms with Crippen molar-refractivity contribution in [2.75, 3.05) is 30.3 Å². The van der Waals surface area contributed by atoms with Crippen molar-refractivity contribution in [2.45, 2.75) is 32.4 Å². The topological polar surface area (TPSA) is 92.3 Å². The summed E-state index contributed by atoms with van der Waals surface area (Å²) in [5.41, 5.74) is 8.73. The highest BCUT2D eigenvalue weighted by atomic mass is 32.2. The van der Waals surface area contributed by atoms with Crippen LogP contribution in [-0.4, -0.2) is 50.8 Å². The molecule has 2 aromatic heterocycles. The van der Waals surface area contributed by atoms with E-state index in [-0.39, 0.29) is 6.10 Å². The quantitative estimate of drug-likeness (QED) is 0.551. The lowest BCUT2D eigenvalue weighted by atomic mass is 10.1. The number of hydrogen-bond acceptors (Lipinski definition) is 5. The molecule has 0 amide bonds. The summed E-state index contributed by atoms with van der Waals surface area (Å²) in [7, 11) is 0. The molecule has 126 valence electrons. The third-order valence-corrected chi connectivity index (χ3v) is 5.82. The molecule has 0 bridgehead atoms. The Balaban J connectivity index is 1.59. The predicted molar refractivity (Wildman–Crippen MR) is 94.4 cm³/mol. The van der Waals surface area contributed by atoms with Crippen LogP contribution in [-0.2, 0) is 6.54 Å². The molecule has 0 aromatic carbocycles. The van der Waals surface area contributed by atoms with E-state index in [1.54, 1.807) is 0 Å². The van der Waals surface area contributed by atoms with Gasteiger partial charge in [-0.2, -0.15) is 11.8 Å². The minimum Gasteiger partial charge on any atom is -0.387 e. The van der Waals surface area contributed by atoms with Crippen molar-refractivity contribution in [3.05, 3.63) is 18.1 Å². The number of rotatable bonds is 7. The van der Waals surface area contributed by atoms with Crippen molar-refractivity contribution in [3.63, 3.8) is 0 Å². The first kappa shape index (κ1) is 16.5. The number of likely N-dealkylation sites (tertiary alicyclic amines) is 1. The van der Waals surface area contributed by atoms with Crippen LogP contribution in [0.3, 0.4) is 0 Å². The summed E-state index contributed by atoms with van der Waals surface area (Å²) < 4.78 is 0. The van der Waals surface area contributed by atoms with E-state index in [4.69, 9.17) is 5.73 Å². The number of nitrogen functional groups attached to an aromatic ring is 1. The van der Waals surface area contributed by atoms with Crippen molar-refractivity contribution < 1.29 is 10.0 Å². The van der Waals surface area contributed by atoms with E-state index in [0.717, 1.165) is 42.0 Å². The number of aromatic nitrogens is 3. The molecule has 6 nitrogen and oxygen atoms in total. The van der Waals surface area contributed by atoms with Gasteiger partial charge in [0.05, 0.1) is 12.1 Å². The van der Waals surface area contributed by atoms with E-state index in [9.17, 15) is 5.11 Å². The molecule has 2 aromatic rings. The molecule has 0 saturated carbocycles. The van der Waals surface area contributed by atoms with Crippen molar-refractivity contribution >= 4 is 28.6 Å². The standard InChI is InChI=1S/C16H25N5OS/c1-2-3-4-23-9-12-7-21(8-13(12)22)6-11-5-18-15-14(11)19-10-20-16(15)17/h5,10,12-13,18,22H,2-4,6-9H2,1H3,(H2,17,19,20)/p+1/t12?,13-/m1/s1. The van der Waals surface area contributed by atoms with Gasteiger partial charge < -0.3 is 20.7 Å². The van der Waals surface area contributed by atoms with E-state index in [1.165, 1.54) is 29.8 Å². The number of unbranched alkanes of at least 4 members (excludes halogenated alkanes) is 1. The molecule has 7 heteroatoms. The van der Waals surface area contributed by atoms with Crippen molar-refractivity contribution in [3.8, 4) is 0 Å². The normalized spacial score (nSPS) is 24.5. The average molecular weight is 336 g/mol. The summed E-state index contributed by atoms with van der Waals surface area (Å²) >= 11 is 1.98. The van der Waals surface area contributed by atoms with Gasteiger partial charge in [0, 0.05) is 17.9 Å². The van der Waals surface area contributed by atoms with Gasteiger partial charge in [-0.1, -0.05) is 13.3 Å². The van der Waals surface area contributed by atoms with Gasteiger partial charge in [-0.05, 0) is 12.2 Å². The molecule has 1 aliphatic heterocycles. The number of fused-ring (bicyclic) bond motifs is 1. The molecular formula is C16H26N5OS+. The highest BCUT2D eigenvalue weighted by Crippen LogP contribution is 2.19. The smallest absolute Gasteiger partial charge is 0.151 e. The molecule has 3 rings (SSSR count). The van der Waals surface area contributed by atoms with Crippen LogP contribution in [0.25, 0.3) is 11.0 Å². The molecule has 5 N–H and O–H groups in total. The molecule has 0 spiro atoms. The molecule has 1 aliphatic rings. The monoisotopic (exact) mass is 336 g/mol. The number of aliphatic hydroxyl groups excluding tert-OH is 1. The Morgan fingerprint density at radius 2 is 2.30 bits per heavy atom. The first-order chi connectivity index (χ1) is 11.2. The number of anilines is 1. The van der Waals surface area contributed by atoms with E-state index in [1.807, 2.05) is 18.0 Å². The molecule has 3 atom stereocenters. The second-order valence-electron chi connectivity index (χ2n) is 6.39. The molecule has 1 fully saturated rings. The Hall–Kier alpha value is -1.31. The maximum absolute atomic E-state index is 10.3. The summed E-state index contributed by atoms with van der Waals surface area (Å²) in [5.74, 6) is 3.15. The van der Waals surface area contributed by atoms with Gasteiger partial charge in [-0.15, -0.1) is 0 Å². The lowest BCUT2D eigenvalue weighted by Crippen LogP contribution is -3.09. The van der Waals surface area contributed by atoms with Gasteiger partial charge in [0.25, 0.3) is 0 Å². The number of aromatic amines is 1. The Labute approximate surface area is 140 Å². The van der Waals surface area contributed by atoms with Gasteiger partial charge in [-0.25, -0.2) is 9.97 Å². The average Bonchev–Trinajstić information content (AvgIpc) is 3.09. The minimum absolute atomic E-state index is 0.191. The van der Waals surface area contributed by atoms with Crippen LogP contribution in [0.4, 0.5) is 5.82 Å². The van der Waals surface area contributed by atoms with Crippen LogP contribution >= 0.6 is 11.8 Å². The molecule has 2 unspecified atom stereocenters. The first-order valence-corrected chi connectivity index (χ1v) is 9.50. The van der Waals surface area contributed by atoms with Crippen LogP contribution in [0, 0.1) is 5.92 Å². The fourth-order valence-corrected chi connectivity index (χ4v) is 4.57. The van der Waals surface area contributed by atoms with Crippen LogP contribution in [0.2, 0.25) is 0 Å². The highest BCUT2D eigenvalue weighted by Gasteiger charge is 2.35. The number of hydrogen-bond donors (Lipinski definition) is 4. The third kappa shape index (κ3) is 3.79. The summed E-state index contributed by atoms with van der Waals surface area (Å²) in [6.45, 7) is 4.91.